The van der Waals surface area contributed by atoms with Crippen LogP contribution in [0.1, 0.15) is 6.92 Å². The molecule has 1 aromatic rings. The number of rotatable bonds is 2. The predicted octanol–water partition coefficient (Wildman–Crippen LogP) is 2.01. The average molecular weight is 251 g/mol. The third kappa shape index (κ3) is 5.99. The summed E-state index contributed by atoms with van der Waals surface area (Å²) < 4.78 is 0.507. The molecular formula is C12H19N4S+. The Morgan fingerprint density at radius 1 is 1.18 bits per heavy atom. The van der Waals surface area contributed by atoms with Gasteiger partial charge in [-0.2, -0.15) is 0 Å². The van der Waals surface area contributed by atoms with Crippen LogP contribution in [0.4, 0.5) is 5.69 Å². The molecule has 1 rings (SSSR count). The van der Waals surface area contributed by atoms with Crippen LogP contribution in [0.2, 0.25) is 0 Å². The van der Waals surface area contributed by atoms with E-state index in [-0.39, 0.29) is 0 Å². The van der Waals surface area contributed by atoms with Gasteiger partial charge in [0.25, 0.3) is 0 Å². The second-order valence-electron chi connectivity index (χ2n) is 4.57. The fourth-order valence-electron chi connectivity index (χ4n) is 1.32. The van der Waals surface area contributed by atoms with E-state index in [4.69, 9.17) is 12.2 Å². The van der Waals surface area contributed by atoms with Crippen LogP contribution in [-0.2, 0) is 0 Å². The molecule has 0 aliphatic carbocycles. The maximum absolute atomic E-state index is 5.19. The van der Waals surface area contributed by atoms with Gasteiger partial charge in [0.1, 0.15) is 0 Å². The monoisotopic (exact) mass is 251 g/mol. The zero-order valence-corrected chi connectivity index (χ0v) is 11.5. The highest BCUT2D eigenvalue weighted by Crippen LogP contribution is 2.04. The minimum Gasteiger partial charge on any atom is -0.332 e. The Morgan fingerprint density at radius 3 is 2.29 bits per heavy atom. The molecule has 0 aliphatic heterocycles. The molecular weight excluding hydrogens is 232 g/mol. The van der Waals surface area contributed by atoms with Crippen molar-refractivity contribution in [3.63, 3.8) is 0 Å². The molecule has 0 unspecified atom stereocenters. The van der Waals surface area contributed by atoms with Crippen LogP contribution in [-0.4, -0.2) is 36.7 Å². The molecule has 0 saturated heterocycles. The Hall–Kier alpha value is -1.46. The summed E-state index contributed by atoms with van der Waals surface area (Å²) in [6, 6.07) is 9.79. The van der Waals surface area contributed by atoms with Gasteiger partial charge in [0.05, 0.1) is 21.1 Å². The van der Waals surface area contributed by atoms with E-state index in [1.165, 1.54) is 0 Å². The molecule has 0 saturated carbocycles. The van der Waals surface area contributed by atoms with Crippen molar-refractivity contribution >= 4 is 28.9 Å². The number of thiocarbonyl (C=S) groups is 1. The molecule has 0 amide bonds. The van der Waals surface area contributed by atoms with Gasteiger partial charge in [-0.05, 0) is 31.3 Å². The van der Waals surface area contributed by atoms with Crippen molar-refractivity contribution in [2.24, 2.45) is 5.10 Å². The standard InChI is InChI=1S/C12H18N4S/c1-10(15-16(2,3)4)13-12(17)14-11-8-6-5-7-9-11/h5-9H,1-4H3,(H-,13,14,15,17)/p+1. The highest BCUT2D eigenvalue weighted by Gasteiger charge is 2.06. The number of nitrogens with zero attached hydrogens (tertiary/aromatic N) is 2. The summed E-state index contributed by atoms with van der Waals surface area (Å²) in [6.07, 6.45) is 0. The van der Waals surface area contributed by atoms with Crippen molar-refractivity contribution in [1.29, 1.82) is 0 Å². The van der Waals surface area contributed by atoms with Gasteiger partial charge in [0, 0.05) is 5.69 Å². The summed E-state index contributed by atoms with van der Waals surface area (Å²) in [5.74, 6) is 0.783. The third-order valence-corrected chi connectivity index (χ3v) is 1.98. The Balaban J connectivity index is 2.54. The molecule has 0 heterocycles. The van der Waals surface area contributed by atoms with Gasteiger partial charge in [-0.3, -0.25) is 0 Å². The van der Waals surface area contributed by atoms with Crippen molar-refractivity contribution in [3.05, 3.63) is 30.3 Å². The Morgan fingerprint density at radius 2 is 1.76 bits per heavy atom. The van der Waals surface area contributed by atoms with Crippen molar-refractivity contribution < 1.29 is 4.59 Å². The zero-order valence-electron chi connectivity index (χ0n) is 10.7. The van der Waals surface area contributed by atoms with Gasteiger partial charge in [-0.25, -0.2) is 4.59 Å². The number of anilines is 1. The van der Waals surface area contributed by atoms with Gasteiger partial charge in [0.15, 0.2) is 10.9 Å². The van der Waals surface area contributed by atoms with E-state index in [1.54, 1.807) is 0 Å². The van der Waals surface area contributed by atoms with Gasteiger partial charge < -0.3 is 10.6 Å². The molecule has 0 aliphatic rings. The number of hydrogen-bond acceptors (Lipinski definition) is 2. The van der Waals surface area contributed by atoms with Crippen LogP contribution in [0.25, 0.3) is 0 Å². The molecule has 0 fully saturated rings. The second-order valence-corrected chi connectivity index (χ2v) is 4.98. The molecule has 0 aromatic heterocycles. The fraction of sp³-hybridized carbons (Fsp3) is 0.333. The van der Waals surface area contributed by atoms with Crippen molar-refractivity contribution in [1.82, 2.24) is 5.32 Å². The van der Waals surface area contributed by atoms with Crippen LogP contribution in [0.5, 0.6) is 0 Å². The lowest BCUT2D eigenvalue weighted by Gasteiger charge is -2.17. The second kappa shape index (κ2) is 5.75. The van der Waals surface area contributed by atoms with Crippen molar-refractivity contribution in [2.75, 3.05) is 26.5 Å². The number of nitrogens with one attached hydrogen (secondary N) is 2. The molecule has 5 heteroatoms. The molecule has 0 bridgehead atoms. The number of benzene rings is 1. The third-order valence-electron chi connectivity index (χ3n) is 1.78. The maximum atomic E-state index is 5.19. The van der Waals surface area contributed by atoms with E-state index >= 15 is 0 Å². The van der Waals surface area contributed by atoms with Crippen LogP contribution in [0.3, 0.4) is 0 Å². The Bertz CT molecular complexity index is 406. The first-order chi connectivity index (χ1) is 7.87. The van der Waals surface area contributed by atoms with Gasteiger partial charge in [-0.15, -0.1) is 0 Å². The largest absolute Gasteiger partial charge is 0.332 e. The Kier molecular flexibility index (Phi) is 4.60. The first kappa shape index (κ1) is 13.6. The van der Waals surface area contributed by atoms with Gasteiger partial charge >= 0.3 is 0 Å². The summed E-state index contributed by atoms with van der Waals surface area (Å²) in [5, 5.41) is 11.1. The van der Waals surface area contributed by atoms with E-state index in [1.807, 2.05) is 58.4 Å². The molecule has 4 nitrogen and oxygen atoms in total. The van der Waals surface area contributed by atoms with Crippen LogP contribution in [0.15, 0.2) is 35.4 Å². The zero-order chi connectivity index (χ0) is 12.9. The molecule has 0 spiro atoms. The first-order valence-corrected chi connectivity index (χ1v) is 5.79. The minimum atomic E-state index is 0.507. The van der Waals surface area contributed by atoms with E-state index in [0.29, 0.717) is 9.70 Å². The number of quaternary nitrogens is 1. The molecule has 2 N–H and O–H groups in total. The first-order valence-electron chi connectivity index (χ1n) is 5.38. The van der Waals surface area contributed by atoms with E-state index in [9.17, 15) is 0 Å². The lowest BCUT2D eigenvalue weighted by molar-refractivity contribution is -0.877. The number of para-hydroxylation sites is 1. The van der Waals surface area contributed by atoms with E-state index < -0.39 is 0 Å². The summed E-state index contributed by atoms with van der Waals surface area (Å²) >= 11 is 5.19. The molecule has 1 aromatic carbocycles. The summed E-state index contributed by atoms with van der Waals surface area (Å²) in [7, 11) is 5.95. The maximum Gasteiger partial charge on any atom is 0.176 e. The minimum absolute atomic E-state index is 0.507. The van der Waals surface area contributed by atoms with E-state index in [2.05, 4.69) is 15.7 Å². The highest BCUT2D eigenvalue weighted by atomic mass is 32.1. The predicted molar refractivity (Wildman–Crippen MR) is 76.9 cm³/mol. The summed E-state index contributed by atoms with van der Waals surface area (Å²) in [5.41, 5.74) is 0.961. The highest BCUT2D eigenvalue weighted by molar-refractivity contribution is 7.80. The average Bonchev–Trinajstić information content (AvgIpc) is 2.15. The Labute approximate surface area is 108 Å². The topological polar surface area (TPSA) is 36.4 Å². The van der Waals surface area contributed by atoms with Gasteiger partial charge in [0.2, 0.25) is 0 Å². The molecule has 92 valence electrons. The molecule has 0 atom stereocenters. The van der Waals surface area contributed by atoms with E-state index in [0.717, 1.165) is 11.5 Å². The normalized spacial score (nSPS) is 12.1. The van der Waals surface area contributed by atoms with Crippen molar-refractivity contribution in [3.8, 4) is 0 Å². The van der Waals surface area contributed by atoms with Crippen molar-refractivity contribution in [2.45, 2.75) is 6.92 Å². The smallest absolute Gasteiger partial charge is 0.176 e. The molecule has 0 radical (unpaired) electrons. The summed E-state index contributed by atoms with van der Waals surface area (Å²) in [6.45, 7) is 1.89. The quantitative estimate of drug-likeness (QED) is 0.277. The molecule has 17 heavy (non-hydrogen) atoms. The SMILES string of the molecule is C/C(=N\[N+](C)(C)C)NC(=S)Nc1ccccc1. The van der Waals surface area contributed by atoms with Crippen LogP contribution < -0.4 is 10.6 Å². The number of hydrogen-bond donors (Lipinski definition) is 2. The summed E-state index contributed by atoms with van der Waals surface area (Å²) in [4.78, 5) is 0. The fourth-order valence-corrected chi connectivity index (χ4v) is 1.59. The lowest BCUT2D eigenvalue weighted by Crippen LogP contribution is -2.37. The number of amidine groups is 1. The van der Waals surface area contributed by atoms with Crippen LogP contribution in [0, 0.1) is 0 Å². The lowest BCUT2D eigenvalue weighted by atomic mass is 10.3. The van der Waals surface area contributed by atoms with Gasteiger partial charge in [-0.1, -0.05) is 23.3 Å². The van der Waals surface area contributed by atoms with Crippen LogP contribution >= 0.6 is 12.2 Å².